The van der Waals surface area contributed by atoms with Crippen LogP contribution >= 0.6 is 23.7 Å². The fourth-order valence-electron chi connectivity index (χ4n) is 3.24. The number of fused-ring (bicyclic) bond motifs is 1. The van der Waals surface area contributed by atoms with Gasteiger partial charge in [-0.1, -0.05) is 17.4 Å². The Morgan fingerprint density at radius 3 is 2.60 bits per heavy atom. The standard InChI is InChI=1S/C21H29N5O2S.ClH/c1-14(2)26-16(10-11-22-26)20(27)25(13-7-12-24(4)5)21-23-18-17(28-6)9-8-15(3)19(18)29-21;/h8-11,14H,7,12-13H2,1-6H3;1H. The minimum atomic E-state index is -0.0781. The highest BCUT2D eigenvalue weighted by atomic mass is 35.5. The summed E-state index contributed by atoms with van der Waals surface area (Å²) < 4.78 is 8.30. The molecule has 0 N–H and O–H groups in total. The molecule has 1 amide bonds. The zero-order valence-corrected chi connectivity index (χ0v) is 20.0. The van der Waals surface area contributed by atoms with E-state index in [0.717, 1.165) is 34.5 Å². The number of aromatic nitrogens is 3. The molecule has 0 saturated heterocycles. The van der Waals surface area contributed by atoms with Crippen molar-refractivity contribution in [2.45, 2.75) is 33.2 Å². The number of benzene rings is 1. The van der Waals surface area contributed by atoms with E-state index in [1.165, 1.54) is 11.3 Å². The van der Waals surface area contributed by atoms with E-state index < -0.39 is 0 Å². The van der Waals surface area contributed by atoms with E-state index in [2.05, 4.69) is 16.9 Å². The smallest absolute Gasteiger partial charge is 0.278 e. The van der Waals surface area contributed by atoms with Gasteiger partial charge < -0.3 is 9.64 Å². The van der Waals surface area contributed by atoms with Gasteiger partial charge in [0.2, 0.25) is 0 Å². The molecule has 7 nitrogen and oxygen atoms in total. The molecule has 0 atom stereocenters. The minimum Gasteiger partial charge on any atom is -0.494 e. The second kappa shape index (κ2) is 10.2. The van der Waals surface area contributed by atoms with Crippen molar-refractivity contribution >= 4 is 45.0 Å². The quantitative estimate of drug-likeness (QED) is 0.507. The fourth-order valence-corrected chi connectivity index (χ4v) is 4.32. The molecule has 30 heavy (non-hydrogen) atoms. The molecular formula is C21H30ClN5O2S. The third-order valence-corrected chi connectivity index (χ3v) is 5.97. The molecule has 0 fully saturated rings. The van der Waals surface area contributed by atoms with Crippen molar-refractivity contribution < 1.29 is 9.53 Å². The zero-order chi connectivity index (χ0) is 21.1. The van der Waals surface area contributed by atoms with Gasteiger partial charge in [-0.15, -0.1) is 12.4 Å². The highest BCUT2D eigenvalue weighted by Crippen LogP contribution is 2.37. The maximum atomic E-state index is 13.5. The minimum absolute atomic E-state index is 0. The van der Waals surface area contributed by atoms with Crippen LogP contribution in [0.1, 0.15) is 42.4 Å². The van der Waals surface area contributed by atoms with E-state index in [1.54, 1.807) is 29.0 Å². The summed E-state index contributed by atoms with van der Waals surface area (Å²) >= 11 is 1.53. The summed E-state index contributed by atoms with van der Waals surface area (Å²) in [5.74, 6) is 0.645. The van der Waals surface area contributed by atoms with E-state index >= 15 is 0 Å². The fraction of sp³-hybridized carbons (Fsp3) is 0.476. The largest absolute Gasteiger partial charge is 0.494 e. The van der Waals surface area contributed by atoms with Crippen LogP contribution in [0, 0.1) is 6.92 Å². The first-order chi connectivity index (χ1) is 13.8. The number of hydrogen-bond donors (Lipinski definition) is 0. The summed E-state index contributed by atoms with van der Waals surface area (Å²) in [6.45, 7) is 7.57. The lowest BCUT2D eigenvalue weighted by molar-refractivity contribution is 0.0974. The van der Waals surface area contributed by atoms with Gasteiger partial charge in [-0.25, -0.2) is 4.98 Å². The Labute approximate surface area is 188 Å². The SMILES string of the molecule is COc1ccc(C)c2sc(N(CCCN(C)C)C(=O)c3ccnn3C(C)C)nc12.Cl. The Morgan fingerprint density at radius 1 is 1.23 bits per heavy atom. The molecule has 0 aliphatic carbocycles. The second-order valence-corrected chi connectivity index (χ2v) is 8.60. The molecule has 0 radical (unpaired) electrons. The number of hydrogen-bond acceptors (Lipinski definition) is 6. The summed E-state index contributed by atoms with van der Waals surface area (Å²) in [5, 5.41) is 5.02. The molecule has 0 saturated carbocycles. The lowest BCUT2D eigenvalue weighted by atomic mass is 10.2. The maximum absolute atomic E-state index is 13.5. The van der Waals surface area contributed by atoms with Gasteiger partial charge in [-0.2, -0.15) is 5.10 Å². The number of ether oxygens (including phenoxy) is 1. The molecule has 0 aliphatic heterocycles. The number of nitrogens with zero attached hydrogens (tertiary/aromatic N) is 5. The molecule has 2 aromatic heterocycles. The predicted molar refractivity (Wildman–Crippen MR) is 126 cm³/mol. The Morgan fingerprint density at radius 2 is 1.97 bits per heavy atom. The van der Waals surface area contributed by atoms with Gasteiger partial charge in [0.15, 0.2) is 5.13 Å². The monoisotopic (exact) mass is 451 g/mol. The number of anilines is 1. The molecule has 2 heterocycles. The van der Waals surface area contributed by atoms with Crippen molar-refractivity contribution in [2.24, 2.45) is 0 Å². The van der Waals surface area contributed by atoms with E-state index in [-0.39, 0.29) is 24.4 Å². The van der Waals surface area contributed by atoms with E-state index in [1.807, 2.05) is 40.1 Å². The topological polar surface area (TPSA) is 63.5 Å². The molecule has 1 aromatic carbocycles. The predicted octanol–water partition coefficient (Wildman–Crippen LogP) is 4.41. The van der Waals surface area contributed by atoms with Crippen LogP contribution in [0.4, 0.5) is 5.13 Å². The lowest BCUT2D eigenvalue weighted by Gasteiger charge is -2.22. The average Bonchev–Trinajstić information content (AvgIpc) is 3.32. The third-order valence-electron chi connectivity index (χ3n) is 4.75. The number of rotatable bonds is 8. The van der Waals surface area contributed by atoms with Crippen LogP contribution in [0.25, 0.3) is 10.2 Å². The van der Waals surface area contributed by atoms with Crippen molar-refractivity contribution in [1.29, 1.82) is 0 Å². The van der Waals surface area contributed by atoms with Crippen LogP contribution in [0.5, 0.6) is 5.75 Å². The molecule has 0 unspecified atom stereocenters. The van der Waals surface area contributed by atoms with Crippen LogP contribution < -0.4 is 9.64 Å². The zero-order valence-electron chi connectivity index (χ0n) is 18.4. The van der Waals surface area contributed by atoms with Gasteiger partial charge in [0.1, 0.15) is 17.0 Å². The number of methoxy groups -OCH3 is 1. The first kappa shape index (κ1) is 24.1. The van der Waals surface area contributed by atoms with Crippen LogP contribution in [-0.4, -0.2) is 59.9 Å². The van der Waals surface area contributed by atoms with Gasteiger partial charge in [-0.05, 0) is 65.5 Å². The summed E-state index contributed by atoms with van der Waals surface area (Å²) in [6.07, 6.45) is 2.53. The average molecular weight is 452 g/mol. The number of amides is 1. The summed E-state index contributed by atoms with van der Waals surface area (Å²) in [7, 11) is 5.71. The number of carbonyl (C=O) groups is 1. The Bertz CT molecular complexity index is 999. The highest BCUT2D eigenvalue weighted by molar-refractivity contribution is 7.22. The Hall–Kier alpha value is -2.16. The number of aryl methyl sites for hydroxylation is 1. The van der Waals surface area contributed by atoms with Crippen molar-refractivity contribution in [2.75, 3.05) is 39.2 Å². The third kappa shape index (κ3) is 4.94. The van der Waals surface area contributed by atoms with Crippen LogP contribution in [0.2, 0.25) is 0 Å². The van der Waals surface area contributed by atoms with Gasteiger partial charge in [0.05, 0.1) is 11.8 Å². The van der Waals surface area contributed by atoms with Gasteiger partial charge >= 0.3 is 0 Å². The second-order valence-electron chi connectivity index (χ2n) is 7.63. The molecule has 164 valence electrons. The van der Waals surface area contributed by atoms with E-state index in [9.17, 15) is 4.79 Å². The summed E-state index contributed by atoms with van der Waals surface area (Å²) in [6, 6.07) is 5.83. The number of halogens is 1. The highest BCUT2D eigenvalue weighted by Gasteiger charge is 2.25. The number of carbonyl (C=O) groups excluding carboxylic acids is 1. The lowest BCUT2D eigenvalue weighted by Crippen LogP contribution is -2.35. The van der Waals surface area contributed by atoms with Crippen LogP contribution in [0.15, 0.2) is 24.4 Å². The van der Waals surface area contributed by atoms with E-state index in [0.29, 0.717) is 17.4 Å². The maximum Gasteiger partial charge on any atom is 0.278 e. The van der Waals surface area contributed by atoms with Crippen molar-refractivity contribution in [3.05, 3.63) is 35.7 Å². The Kier molecular flexibility index (Phi) is 8.23. The molecule has 3 rings (SSSR count). The van der Waals surface area contributed by atoms with Crippen molar-refractivity contribution in [3.63, 3.8) is 0 Å². The molecule has 9 heteroatoms. The van der Waals surface area contributed by atoms with E-state index in [4.69, 9.17) is 9.72 Å². The molecule has 0 bridgehead atoms. The Balaban J connectivity index is 0.00000320. The van der Waals surface area contributed by atoms with Gasteiger partial charge in [-0.3, -0.25) is 14.4 Å². The van der Waals surface area contributed by atoms with Crippen molar-refractivity contribution in [1.82, 2.24) is 19.7 Å². The summed E-state index contributed by atoms with van der Waals surface area (Å²) in [5.41, 5.74) is 2.50. The van der Waals surface area contributed by atoms with Crippen molar-refractivity contribution in [3.8, 4) is 5.75 Å². The first-order valence-corrected chi connectivity index (χ1v) is 10.6. The molecule has 3 aromatic rings. The molecule has 0 spiro atoms. The normalized spacial score (nSPS) is 11.2. The molecule has 0 aliphatic rings. The van der Waals surface area contributed by atoms with Gasteiger partial charge in [0.25, 0.3) is 5.91 Å². The molecular weight excluding hydrogens is 422 g/mol. The van der Waals surface area contributed by atoms with Crippen LogP contribution in [0.3, 0.4) is 0 Å². The summed E-state index contributed by atoms with van der Waals surface area (Å²) in [4.78, 5) is 22.2. The van der Waals surface area contributed by atoms with Gasteiger partial charge in [0, 0.05) is 18.8 Å². The first-order valence-electron chi connectivity index (χ1n) is 9.77. The van der Waals surface area contributed by atoms with Crippen LogP contribution in [-0.2, 0) is 0 Å². The number of thiazole rings is 1.